The summed E-state index contributed by atoms with van der Waals surface area (Å²) < 4.78 is 125. The summed E-state index contributed by atoms with van der Waals surface area (Å²) in [6.07, 6.45) is -2.94. The van der Waals surface area contributed by atoms with Crippen LogP contribution in [0.2, 0.25) is 0 Å². The van der Waals surface area contributed by atoms with Crippen LogP contribution in [0.3, 0.4) is 0 Å². The zero-order valence-electron chi connectivity index (χ0n) is 73.3. The number of aryl methyl sites for hydroxylation is 2. The number of benzene rings is 5. The Morgan fingerprint density at radius 1 is 0.409 bits per heavy atom. The summed E-state index contributed by atoms with van der Waals surface area (Å²) in [6.45, 7) is 20.6. The molecule has 0 saturated heterocycles. The number of carbonyl (C=O) groups is 10. The van der Waals surface area contributed by atoms with E-state index >= 15 is 0 Å². The van der Waals surface area contributed by atoms with E-state index in [9.17, 15) is 131 Å². The maximum absolute atomic E-state index is 13.7. The fourth-order valence-electron chi connectivity index (χ4n) is 9.54. The minimum Gasteiger partial charge on any atom is -0.484 e. The third kappa shape index (κ3) is 41.0. The number of nitrogens with one attached hydrogen (secondary N) is 5. The van der Waals surface area contributed by atoms with Crippen molar-refractivity contribution in [3.8, 4) is 46.0 Å². The van der Waals surface area contributed by atoms with E-state index in [-0.39, 0.29) is 23.1 Å². The van der Waals surface area contributed by atoms with Gasteiger partial charge in [0.05, 0.1) is 24.6 Å². The van der Waals surface area contributed by atoms with Crippen molar-refractivity contribution in [3.63, 3.8) is 0 Å². The summed E-state index contributed by atoms with van der Waals surface area (Å²) in [4.78, 5) is 166. The number of amides is 5. The minimum absolute atomic E-state index is 0.0170. The fraction of sp³-hybridized carbons (Fsp3) is 0.462. The molecule has 0 unspecified atom stereocenters. The zero-order valence-corrected chi connectivity index (χ0v) is 73.3. The van der Waals surface area contributed by atoms with E-state index in [4.69, 9.17) is 67.1 Å². The average Bonchev–Trinajstić information content (AvgIpc) is 1.76. The normalized spacial score (nSPS) is 12.8. The summed E-state index contributed by atoms with van der Waals surface area (Å²) >= 11 is 0. The van der Waals surface area contributed by atoms with Gasteiger partial charge in [-0.2, -0.15) is 17.6 Å². The third-order valence-electron chi connectivity index (χ3n) is 15.0. The SMILES string of the molecule is CC(C)(C)OC(=O)N[C@@H](COc1cc(C2CC2)ccc1[N+](=O)[O-])C(=O)O.CC(C)(C)OC(=O)N[C@@H](COc1cc(F)cc(F)c1[N+](=O)[O-])C(=O)O.CC(C)(C)OC(=O)N[C@@H](COc1cc(OC(F)F)ccc1[N+](=O)[O-])C(=O)O.Cc1cc(F)c([N+](=O)[O-])c(OC[C@H](NC(=O)OC(C)(C)C)C(=O)O)c1.Cc1nnc(-c2ccc(OC[C@H](NC(=O)OC(C)(C)C)C(=O)O)c([N+](=O)[O-])c2)o1. The van der Waals surface area contributed by atoms with E-state index in [1.807, 2.05) is 10.6 Å². The van der Waals surface area contributed by atoms with Crippen molar-refractivity contribution in [3.05, 3.63) is 164 Å². The van der Waals surface area contributed by atoms with Gasteiger partial charge in [0.25, 0.3) is 0 Å². The van der Waals surface area contributed by atoms with Crippen molar-refractivity contribution in [1.29, 1.82) is 0 Å². The van der Waals surface area contributed by atoms with E-state index in [1.165, 1.54) is 37.3 Å². The molecule has 10 N–H and O–H groups in total. The molecular formula is C78H95F5N12O37. The number of hydrogen-bond acceptors (Lipinski definition) is 34. The van der Waals surface area contributed by atoms with Crippen LogP contribution in [0.4, 0.5) is 74.4 Å². The number of nitrogens with zero attached hydrogens (tertiary/aromatic N) is 7. The van der Waals surface area contributed by atoms with E-state index in [0.29, 0.717) is 35.1 Å². The Labute approximate surface area is 743 Å². The van der Waals surface area contributed by atoms with Crippen molar-refractivity contribution in [2.75, 3.05) is 33.0 Å². The summed E-state index contributed by atoms with van der Waals surface area (Å²) in [6, 6.07) is 6.36. The van der Waals surface area contributed by atoms with Gasteiger partial charge in [-0.25, -0.2) is 52.3 Å². The molecule has 1 aliphatic rings. The van der Waals surface area contributed by atoms with Gasteiger partial charge in [-0.1, -0.05) is 6.07 Å². The van der Waals surface area contributed by atoms with Crippen LogP contribution >= 0.6 is 0 Å². The number of alkyl carbamates (subject to hydrolysis) is 5. The quantitative estimate of drug-likeness (QED) is 0.00776. The van der Waals surface area contributed by atoms with Crippen molar-refractivity contribution < 1.29 is 177 Å². The van der Waals surface area contributed by atoms with Crippen LogP contribution in [0, 0.1) is 81.9 Å². The molecule has 1 saturated carbocycles. The summed E-state index contributed by atoms with van der Waals surface area (Å²) in [5.41, 5.74) is -6.00. The maximum atomic E-state index is 13.7. The molecule has 5 atom stereocenters. The molecule has 0 radical (unpaired) electrons. The van der Waals surface area contributed by atoms with Gasteiger partial charge < -0.3 is 109 Å². The number of alkyl halides is 2. The molecular weight excluding hydrogens is 1790 g/mol. The van der Waals surface area contributed by atoms with Gasteiger partial charge in [-0.05, 0) is 177 Å². The summed E-state index contributed by atoms with van der Waals surface area (Å²) in [7, 11) is 0. The van der Waals surface area contributed by atoms with E-state index in [1.54, 1.807) is 123 Å². The van der Waals surface area contributed by atoms with E-state index in [2.05, 4.69) is 30.9 Å². The molecule has 0 bridgehead atoms. The smallest absolute Gasteiger partial charge is 0.408 e. The molecule has 5 amide bonds. The van der Waals surface area contributed by atoms with Gasteiger partial charge in [-0.3, -0.25) is 50.6 Å². The van der Waals surface area contributed by atoms with Crippen molar-refractivity contribution >= 4 is 88.7 Å². The standard InChI is InChI=1S/C17H20N4O8.C17H22N2O7.C15H18F2N2O8.C15H19FN2O7.C14H16F2N2O7/c1-9-19-20-14(28-9)10-5-6-13(12(7-10)21(25)26)27-8-11(15(22)23)18-16(24)29-17(2,3)4;1-17(2,3)26-16(22)18-12(15(20)21)9-25-14-8-11(10-4-5-10)6-7-13(14)19(23)24;1-15(2,3)27-14(22)18-9(12(20)21)7-25-11-6-8(26-13(16)17)4-5-10(11)19(23)24;1-8-5-9(16)12(18(22)23)11(6-8)24-7-10(13(19)20)17-14(21)25-15(2,3)4;1-14(2,3)25-13(21)17-9(12(19)20)6-24-10-5-7(15)4-8(16)11(10)18(22)23/h5-7,11H,8H2,1-4H3,(H,18,24)(H,22,23);6-8,10,12H,4-5,9H2,1-3H3,(H,18,22)(H,20,21);4-6,9,13H,7H2,1-3H3,(H,18,22)(H,20,21);5-6,10H,7H2,1-4H3,(H,17,21)(H,19,20);4-5,9H,6H2,1-3H3,(H,17,21)(H,19,20)/t11-;12-;9-;10-;9-/m00000/s1. The van der Waals surface area contributed by atoms with Crippen LogP contribution in [0.5, 0.6) is 34.5 Å². The molecule has 0 aliphatic heterocycles. The number of nitro benzene ring substituents is 5. The Morgan fingerprint density at radius 3 is 1.05 bits per heavy atom. The first kappa shape index (κ1) is 111. The van der Waals surface area contributed by atoms with Crippen LogP contribution in [0.15, 0.2) is 83.3 Å². The first-order valence-corrected chi connectivity index (χ1v) is 38.2. The van der Waals surface area contributed by atoms with Gasteiger partial charge in [0.2, 0.25) is 40.7 Å². The number of carboxylic acid groups (broad SMARTS) is 5. The highest BCUT2D eigenvalue weighted by molar-refractivity contribution is 5.83. The third-order valence-corrected chi connectivity index (χ3v) is 15.0. The van der Waals surface area contributed by atoms with Crippen molar-refractivity contribution in [2.24, 2.45) is 0 Å². The highest BCUT2D eigenvalue weighted by atomic mass is 19.3. The van der Waals surface area contributed by atoms with Gasteiger partial charge in [0.1, 0.15) is 72.6 Å². The number of carboxylic acids is 5. The molecule has 724 valence electrons. The average molecular weight is 1890 g/mol. The van der Waals surface area contributed by atoms with Crippen molar-refractivity contribution in [1.82, 2.24) is 36.8 Å². The van der Waals surface area contributed by atoms with Crippen LogP contribution in [0.1, 0.15) is 140 Å². The van der Waals surface area contributed by atoms with Crippen LogP contribution in [0.25, 0.3) is 11.5 Å². The lowest BCUT2D eigenvalue weighted by Gasteiger charge is -2.22. The second-order valence-electron chi connectivity index (χ2n) is 32.2. The number of aliphatic carboxylic acids is 5. The topological polar surface area (TPSA) is 688 Å². The number of hydrogen-bond donors (Lipinski definition) is 10. The van der Waals surface area contributed by atoms with Crippen LogP contribution < -0.4 is 55.0 Å². The predicted octanol–water partition coefficient (Wildman–Crippen LogP) is 12.3. The zero-order chi connectivity index (χ0) is 101. The predicted molar refractivity (Wildman–Crippen MR) is 438 cm³/mol. The second-order valence-corrected chi connectivity index (χ2v) is 32.2. The lowest BCUT2D eigenvalue weighted by molar-refractivity contribution is -0.388. The molecule has 6 aromatic rings. The number of aromatic nitrogens is 2. The summed E-state index contributed by atoms with van der Waals surface area (Å²) in [5.74, 6) is -12.6. The van der Waals surface area contributed by atoms with Crippen LogP contribution in [-0.4, -0.2) is 219 Å². The highest BCUT2D eigenvalue weighted by Crippen LogP contribution is 2.43. The fourth-order valence-corrected chi connectivity index (χ4v) is 9.54. The molecule has 5 aromatic carbocycles. The second kappa shape index (κ2) is 48.5. The number of nitro groups is 5. The Morgan fingerprint density at radius 2 is 0.735 bits per heavy atom. The largest absolute Gasteiger partial charge is 0.484 e. The van der Waals surface area contributed by atoms with E-state index < -0.39 is 246 Å². The Hall–Kier alpha value is -15.6. The number of carbonyl (C=O) groups excluding carboxylic acids is 5. The number of rotatable bonds is 34. The van der Waals surface area contributed by atoms with Crippen LogP contribution in [-0.2, 0) is 47.7 Å². The minimum atomic E-state index is -3.17. The number of ether oxygens (including phenoxy) is 11. The van der Waals surface area contributed by atoms with Gasteiger partial charge in [0, 0.05) is 48.9 Å². The molecule has 54 heteroatoms. The highest BCUT2D eigenvalue weighted by Gasteiger charge is 2.36. The molecule has 7 rings (SSSR count). The lowest BCUT2D eigenvalue weighted by Crippen LogP contribution is -2.46. The summed E-state index contributed by atoms with van der Waals surface area (Å²) in [5, 5.41) is 119. The van der Waals surface area contributed by atoms with Crippen molar-refractivity contribution in [2.45, 2.75) is 201 Å². The maximum Gasteiger partial charge on any atom is 0.408 e. The van der Waals surface area contributed by atoms with E-state index in [0.717, 1.165) is 42.7 Å². The monoisotopic (exact) mass is 1890 g/mol. The molecule has 1 aromatic heterocycles. The first-order valence-electron chi connectivity index (χ1n) is 38.2. The Bertz CT molecular complexity index is 5040. The molecule has 1 fully saturated rings. The molecule has 1 aliphatic carbocycles. The first-order chi connectivity index (χ1) is 60.7. The Balaban J connectivity index is 0.000000426. The Kier molecular flexibility index (Phi) is 40.6. The van der Waals surface area contributed by atoms with Gasteiger partial charge >= 0.3 is 95.4 Å². The number of halogens is 5. The van der Waals surface area contributed by atoms with Gasteiger partial charge in [0.15, 0.2) is 41.7 Å². The van der Waals surface area contributed by atoms with Gasteiger partial charge in [-0.15, -0.1) is 10.2 Å². The molecule has 132 heavy (non-hydrogen) atoms. The molecule has 1 heterocycles. The lowest BCUT2D eigenvalue weighted by atomic mass is 10.1. The molecule has 49 nitrogen and oxygen atoms in total. The molecule has 0 spiro atoms.